The lowest BCUT2D eigenvalue weighted by molar-refractivity contribution is 0.221. The number of aromatic amines is 1. The molecule has 0 amide bonds. The minimum absolute atomic E-state index is 0.110. The Bertz CT molecular complexity index is 1150. The summed E-state index contributed by atoms with van der Waals surface area (Å²) in [5.74, 6) is 0.583. The van der Waals surface area contributed by atoms with Gasteiger partial charge >= 0.3 is 5.69 Å². The minimum Gasteiger partial charge on any atom is -0.306 e. The zero-order chi connectivity index (χ0) is 17.7. The maximum Gasteiger partial charge on any atom is 0.327 e. The zero-order valence-electron chi connectivity index (χ0n) is 14.5. The number of nitrogens with zero attached hydrogens (tertiary/aromatic N) is 6. The number of likely N-dealkylation sites (tertiary alicyclic amines) is 1. The van der Waals surface area contributed by atoms with Gasteiger partial charge in [0, 0.05) is 12.2 Å². The first-order chi connectivity index (χ1) is 12.7. The predicted octanol–water partition coefficient (Wildman–Crippen LogP) is 1.70. The summed E-state index contributed by atoms with van der Waals surface area (Å²) >= 11 is 0. The van der Waals surface area contributed by atoms with Gasteiger partial charge in [0.15, 0.2) is 11.5 Å². The van der Waals surface area contributed by atoms with Crippen LogP contribution >= 0.6 is 0 Å². The number of nitrogens with one attached hydrogen (secondary N) is 1. The molecule has 0 unspecified atom stereocenters. The third kappa shape index (κ3) is 2.33. The van der Waals surface area contributed by atoms with E-state index in [1.807, 2.05) is 24.4 Å². The van der Waals surface area contributed by atoms with Gasteiger partial charge in [-0.2, -0.15) is 5.10 Å². The average molecular weight is 349 g/mol. The number of pyridine rings is 1. The molecular weight excluding hydrogens is 330 g/mol. The number of hydrogen-bond donors (Lipinski definition) is 1. The number of fused-ring (bicyclic) bond motifs is 2. The number of imidazole rings is 1. The van der Waals surface area contributed by atoms with E-state index in [-0.39, 0.29) is 11.7 Å². The van der Waals surface area contributed by atoms with Crippen molar-refractivity contribution in [1.29, 1.82) is 0 Å². The molecule has 0 aliphatic carbocycles. The van der Waals surface area contributed by atoms with Crippen molar-refractivity contribution in [3.63, 3.8) is 0 Å². The summed E-state index contributed by atoms with van der Waals surface area (Å²) in [4.78, 5) is 26.9. The van der Waals surface area contributed by atoms with Crippen LogP contribution in [0.2, 0.25) is 0 Å². The van der Waals surface area contributed by atoms with Gasteiger partial charge < -0.3 is 9.88 Å². The van der Waals surface area contributed by atoms with Crippen molar-refractivity contribution in [3.05, 3.63) is 47.3 Å². The van der Waals surface area contributed by atoms with Gasteiger partial charge in [0.25, 0.3) is 0 Å². The molecule has 1 saturated heterocycles. The van der Waals surface area contributed by atoms with Crippen LogP contribution in [0.4, 0.5) is 0 Å². The Kier molecular flexibility index (Phi) is 3.39. The number of hydrogen-bond acceptors (Lipinski definition) is 5. The fraction of sp³-hybridized carbons (Fsp3) is 0.333. The van der Waals surface area contributed by atoms with Crippen LogP contribution in [0.3, 0.4) is 0 Å². The molecule has 0 bridgehead atoms. The van der Waals surface area contributed by atoms with Gasteiger partial charge in [0.1, 0.15) is 5.52 Å². The topological polar surface area (TPSA) is 84.1 Å². The maximum atomic E-state index is 12.5. The summed E-state index contributed by atoms with van der Waals surface area (Å²) in [6.45, 7) is 1.96. The van der Waals surface area contributed by atoms with Crippen molar-refractivity contribution in [3.8, 4) is 11.4 Å². The first-order valence-electron chi connectivity index (χ1n) is 8.79. The average Bonchev–Trinajstić information content (AvgIpc) is 3.22. The highest BCUT2D eigenvalue weighted by Crippen LogP contribution is 2.26. The third-order valence-corrected chi connectivity index (χ3v) is 5.18. The molecule has 0 radical (unpaired) electrons. The quantitative estimate of drug-likeness (QED) is 0.595. The zero-order valence-corrected chi connectivity index (χ0v) is 14.5. The Morgan fingerprint density at radius 1 is 1.19 bits per heavy atom. The molecule has 8 heteroatoms. The Morgan fingerprint density at radius 2 is 2.04 bits per heavy atom. The lowest BCUT2D eigenvalue weighted by Gasteiger charge is -2.29. The second-order valence-corrected chi connectivity index (χ2v) is 6.85. The lowest BCUT2D eigenvalue weighted by Crippen LogP contribution is -2.34. The smallest absolute Gasteiger partial charge is 0.306 e. The summed E-state index contributed by atoms with van der Waals surface area (Å²) in [6.07, 6.45) is 7.24. The van der Waals surface area contributed by atoms with Gasteiger partial charge in [-0.1, -0.05) is 6.07 Å². The van der Waals surface area contributed by atoms with Crippen LogP contribution in [0.15, 0.2) is 41.6 Å². The predicted molar refractivity (Wildman–Crippen MR) is 98.1 cm³/mol. The van der Waals surface area contributed by atoms with Gasteiger partial charge in [0.05, 0.1) is 23.5 Å². The van der Waals surface area contributed by atoms with Crippen LogP contribution in [0.5, 0.6) is 0 Å². The van der Waals surface area contributed by atoms with Crippen molar-refractivity contribution in [2.75, 3.05) is 20.1 Å². The van der Waals surface area contributed by atoms with Gasteiger partial charge in [-0.15, -0.1) is 0 Å². The number of H-pyrrole nitrogens is 1. The standard InChI is InChI=1S/C18H19N7O/c1-23-8-5-12(6-9-23)25-17-14(21-18(25)26)11-19-16(22-17)13-10-20-24-7-3-2-4-15(13)24/h2-4,7,10-12H,5-6,8-9H2,1H3,(H,21,26). The van der Waals surface area contributed by atoms with Crippen LogP contribution in [-0.4, -0.2) is 54.2 Å². The molecule has 1 aliphatic heterocycles. The largest absolute Gasteiger partial charge is 0.327 e. The molecule has 0 saturated carbocycles. The Balaban J connectivity index is 1.65. The molecule has 26 heavy (non-hydrogen) atoms. The second kappa shape index (κ2) is 5.77. The number of rotatable bonds is 2. The molecule has 8 nitrogen and oxygen atoms in total. The molecule has 5 rings (SSSR count). The van der Waals surface area contributed by atoms with Crippen LogP contribution < -0.4 is 5.69 Å². The monoisotopic (exact) mass is 349 g/mol. The van der Waals surface area contributed by atoms with E-state index in [0.29, 0.717) is 17.0 Å². The lowest BCUT2D eigenvalue weighted by atomic mass is 10.1. The molecule has 0 atom stereocenters. The highest BCUT2D eigenvalue weighted by molar-refractivity contribution is 5.79. The van der Waals surface area contributed by atoms with E-state index in [1.165, 1.54) is 0 Å². The summed E-state index contributed by atoms with van der Waals surface area (Å²) in [5.41, 5.74) is 3.03. The fourth-order valence-electron chi connectivity index (χ4n) is 3.74. The van der Waals surface area contributed by atoms with E-state index in [2.05, 4.69) is 27.0 Å². The van der Waals surface area contributed by atoms with E-state index in [0.717, 1.165) is 37.0 Å². The molecule has 0 spiro atoms. The second-order valence-electron chi connectivity index (χ2n) is 6.85. The molecular formula is C18H19N7O. The Labute approximate surface area is 149 Å². The van der Waals surface area contributed by atoms with Crippen molar-refractivity contribution in [2.45, 2.75) is 18.9 Å². The van der Waals surface area contributed by atoms with E-state index in [9.17, 15) is 4.79 Å². The van der Waals surface area contributed by atoms with Crippen LogP contribution in [0, 0.1) is 0 Å². The van der Waals surface area contributed by atoms with Gasteiger partial charge in [-0.05, 0) is 45.1 Å². The van der Waals surface area contributed by atoms with Crippen LogP contribution in [-0.2, 0) is 0 Å². The molecule has 4 aromatic heterocycles. The van der Waals surface area contributed by atoms with Crippen molar-refractivity contribution >= 4 is 16.7 Å². The van der Waals surface area contributed by atoms with E-state index >= 15 is 0 Å². The minimum atomic E-state index is -0.110. The van der Waals surface area contributed by atoms with Crippen molar-refractivity contribution in [1.82, 2.24) is 34.0 Å². The molecule has 1 fully saturated rings. The SMILES string of the molecule is CN1CCC(n2c(=O)[nH]c3cnc(-c4cnn5ccccc45)nc32)CC1. The molecule has 4 aromatic rings. The van der Waals surface area contributed by atoms with Crippen molar-refractivity contribution < 1.29 is 0 Å². The summed E-state index contributed by atoms with van der Waals surface area (Å²) in [6, 6.07) is 6.04. The van der Waals surface area contributed by atoms with Crippen molar-refractivity contribution in [2.24, 2.45) is 0 Å². The molecule has 132 valence electrons. The van der Waals surface area contributed by atoms with E-state index in [4.69, 9.17) is 4.98 Å². The number of aromatic nitrogens is 6. The third-order valence-electron chi connectivity index (χ3n) is 5.18. The van der Waals surface area contributed by atoms with Gasteiger partial charge in [-0.3, -0.25) is 4.57 Å². The summed E-state index contributed by atoms with van der Waals surface area (Å²) in [7, 11) is 2.11. The van der Waals surface area contributed by atoms with Crippen LogP contribution in [0.1, 0.15) is 18.9 Å². The molecule has 0 aromatic carbocycles. The summed E-state index contributed by atoms with van der Waals surface area (Å²) < 4.78 is 3.60. The normalized spacial score (nSPS) is 16.7. The van der Waals surface area contributed by atoms with E-state index in [1.54, 1.807) is 21.5 Å². The first-order valence-corrected chi connectivity index (χ1v) is 8.79. The molecule has 1 N–H and O–H groups in total. The molecule has 1 aliphatic rings. The van der Waals surface area contributed by atoms with Crippen LogP contribution in [0.25, 0.3) is 28.1 Å². The Hall–Kier alpha value is -3.00. The highest BCUT2D eigenvalue weighted by Gasteiger charge is 2.23. The first kappa shape index (κ1) is 15.3. The Morgan fingerprint density at radius 3 is 2.88 bits per heavy atom. The highest BCUT2D eigenvalue weighted by atomic mass is 16.1. The summed E-state index contributed by atoms with van der Waals surface area (Å²) in [5, 5.41) is 4.36. The maximum absolute atomic E-state index is 12.5. The van der Waals surface area contributed by atoms with Gasteiger partial charge in [-0.25, -0.2) is 19.3 Å². The number of piperidine rings is 1. The van der Waals surface area contributed by atoms with E-state index < -0.39 is 0 Å². The van der Waals surface area contributed by atoms with Gasteiger partial charge in [0.2, 0.25) is 0 Å². The fourth-order valence-corrected chi connectivity index (χ4v) is 3.74. The molecule has 5 heterocycles.